The van der Waals surface area contributed by atoms with Gasteiger partial charge in [0, 0.05) is 11.6 Å². The maximum absolute atomic E-state index is 5.69. The van der Waals surface area contributed by atoms with Crippen molar-refractivity contribution >= 4 is 12.2 Å². The summed E-state index contributed by atoms with van der Waals surface area (Å²) in [7, 11) is 2.14. The lowest BCUT2D eigenvalue weighted by molar-refractivity contribution is 0.182. The Morgan fingerprint density at radius 3 is 2.76 bits per heavy atom. The minimum Gasteiger partial charge on any atom is -0.409 e. The number of aryl methyl sites for hydroxylation is 1. The molecule has 1 fully saturated rings. The monoisotopic (exact) mass is 303 g/mol. The van der Waals surface area contributed by atoms with Gasteiger partial charge in [0.25, 0.3) is 4.84 Å². The first-order valence-electron chi connectivity index (χ1n) is 7.49. The second-order valence-electron chi connectivity index (χ2n) is 5.82. The van der Waals surface area contributed by atoms with E-state index in [4.69, 9.17) is 16.6 Å². The van der Waals surface area contributed by atoms with Gasteiger partial charge in [-0.15, -0.1) is 5.10 Å². The molecular formula is C16H21N3OS. The standard InChI is InChI=1S/C16H21N3OS/c1-12-7-3-6-10-14(12)15-17-19(16(21)20-15)11-18(2)13-8-4-5-9-13/h3,6-7,10,13H,4-5,8-9,11H2,1-2H3. The van der Waals surface area contributed by atoms with E-state index >= 15 is 0 Å². The van der Waals surface area contributed by atoms with Crippen LogP contribution in [0.15, 0.2) is 28.7 Å². The van der Waals surface area contributed by atoms with Crippen LogP contribution in [0.1, 0.15) is 31.2 Å². The summed E-state index contributed by atoms with van der Waals surface area (Å²) >= 11 is 5.32. The Morgan fingerprint density at radius 2 is 2.05 bits per heavy atom. The lowest BCUT2D eigenvalue weighted by Crippen LogP contribution is -2.31. The maximum Gasteiger partial charge on any atom is 0.288 e. The largest absolute Gasteiger partial charge is 0.409 e. The average molecular weight is 303 g/mol. The molecule has 0 aliphatic heterocycles. The first-order chi connectivity index (χ1) is 10.1. The van der Waals surface area contributed by atoms with Gasteiger partial charge in [-0.3, -0.25) is 4.90 Å². The molecule has 1 saturated carbocycles. The first-order valence-corrected chi connectivity index (χ1v) is 7.90. The Kier molecular flexibility index (Phi) is 4.22. The molecule has 112 valence electrons. The van der Waals surface area contributed by atoms with Crippen LogP contribution >= 0.6 is 12.2 Å². The number of benzene rings is 1. The molecule has 4 nitrogen and oxygen atoms in total. The highest BCUT2D eigenvalue weighted by molar-refractivity contribution is 7.71. The molecule has 0 N–H and O–H groups in total. The van der Waals surface area contributed by atoms with Gasteiger partial charge in [0.15, 0.2) is 0 Å². The van der Waals surface area contributed by atoms with E-state index in [1.807, 2.05) is 18.2 Å². The molecule has 0 atom stereocenters. The number of nitrogens with zero attached hydrogens (tertiary/aromatic N) is 3. The summed E-state index contributed by atoms with van der Waals surface area (Å²) in [5.74, 6) is 0.609. The molecule has 1 aromatic heterocycles. The number of aromatic nitrogens is 2. The van der Waals surface area contributed by atoms with Crippen LogP contribution in [0.2, 0.25) is 0 Å². The van der Waals surface area contributed by atoms with E-state index in [0.717, 1.165) is 11.1 Å². The highest BCUT2D eigenvalue weighted by atomic mass is 32.1. The molecule has 1 aliphatic carbocycles. The summed E-state index contributed by atoms with van der Waals surface area (Å²) in [5, 5.41) is 4.56. The van der Waals surface area contributed by atoms with E-state index in [9.17, 15) is 0 Å². The van der Waals surface area contributed by atoms with Crippen LogP contribution in [0.25, 0.3) is 11.5 Å². The fraction of sp³-hybridized carbons (Fsp3) is 0.500. The summed E-state index contributed by atoms with van der Waals surface area (Å²) in [5.41, 5.74) is 2.15. The maximum atomic E-state index is 5.69. The van der Waals surface area contributed by atoms with Gasteiger partial charge in [-0.25, -0.2) is 4.68 Å². The minimum absolute atomic E-state index is 0.443. The number of rotatable bonds is 4. The second kappa shape index (κ2) is 6.12. The average Bonchev–Trinajstić information content (AvgIpc) is 3.10. The van der Waals surface area contributed by atoms with E-state index in [2.05, 4.69) is 30.0 Å². The quantitative estimate of drug-likeness (QED) is 0.799. The van der Waals surface area contributed by atoms with Crippen LogP contribution in [0.5, 0.6) is 0 Å². The molecule has 0 radical (unpaired) electrons. The number of hydrogen-bond donors (Lipinski definition) is 0. The summed E-state index contributed by atoms with van der Waals surface area (Å²) < 4.78 is 7.47. The smallest absolute Gasteiger partial charge is 0.288 e. The molecule has 1 heterocycles. The lowest BCUT2D eigenvalue weighted by Gasteiger charge is -2.23. The van der Waals surface area contributed by atoms with Crippen LogP contribution in [0, 0.1) is 11.8 Å². The summed E-state index contributed by atoms with van der Waals surface area (Å²) in [6, 6.07) is 8.71. The molecule has 2 aromatic rings. The van der Waals surface area contributed by atoms with Gasteiger partial charge in [-0.2, -0.15) is 0 Å². The van der Waals surface area contributed by atoms with Gasteiger partial charge < -0.3 is 4.42 Å². The second-order valence-corrected chi connectivity index (χ2v) is 6.17. The minimum atomic E-state index is 0.443. The fourth-order valence-electron chi connectivity index (χ4n) is 2.99. The van der Waals surface area contributed by atoms with Crippen molar-refractivity contribution < 1.29 is 4.42 Å². The third-order valence-corrected chi connectivity index (χ3v) is 4.58. The molecule has 0 unspecified atom stereocenters. The van der Waals surface area contributed by atoms with E-state index in [0.29, 0.717) is 23.4 Å². The van der Waals surface area contributed by atoms with E-state index in [-0.39, 0.29) is 0 Å². The first kappa shape index (κ1) is 14.5. The van der Waals surface area contributed by atoms with Crippen LogP contribution in [-0.4, -0.2) is 27.8 Å². The van der Waals surface area contributed by atoms with Crippen LogP contribution in [-0.2, 0) is 6.67 Å². The zero-order valence-electron chi connectivity index (χ0n) is 12.6. The van der Waals surface area contributed by atoms with E-state index < -0.39 is 0 Å². The van der Waals surface area contributed by atoms with Crippen molar-refractivity contribution in [2.24, 2.45) is 0 Å². The predicted octanol–water partition coefficient (Wildman–Crippen LogP) is 4.01. The van der Waals surface area contributed by atoms with Crippen molar-refractivity contribution in [2.75, 3.05) is 7.05 Å². The molecule has 1 aliphatic rings. The van der Waals surface area contributed by atoms with Crippen LogP contribution < -0.4 is 0 Å². The Morgan fingerprint density at radius 1 is 1.33 bits per heavy atom. The predicted molar refractivity (Wildman–Crippen MR) is 85.5 cm³/mol. The summed E-state index contributed by atoms with van der Waals surface area (Å²) in [6.45, 7) is 2.75. The molecule has 0 amide bonds. The Hall–Kier alpha value is -1.46. The normalized spacial score (nSPS) is 16.0. The third kappa shape index (κ3) is 3.09. The molecule has 3 rings (SSSR count). The molecule has 0 spiro atoms. The Balaban J connectivity index is 1.81. The highest BCUT2D eigenvalue weighted by Crippen LogP contribution is 2.24. The van der Waals surface area contributed by atoms with Crippen molar-refractivity contribution in [1.82, 2.24) is 14.7 Å². The topological polar surface area (TPSA) is 34.2 Å². The van der Waals surface area contributed by atoms with Crippen LogP contribution in [0.3, 0.4) is 0 Å². The Labute approximate surface area is 130 Å². The summed E-state index contributed by atoms with van der Waals surface area (Å²) in [6.07, 6.45) is 5.19. The number of hydrogen-bond acceptors (Lipinski definition) is 4. The lowest BCUT2D eigenvalue weighted by atomic mass is 10.1. The third-order valence-electron chi connectivity index (χ3n) is 4.29. The molecule has 5 heteroatoms. The van der Waals surface area contributed by atoms with Crippen molar-refractivity contribution in [3.8, 4) is 11.5 Å². The van der Waals surface area contributed by atoms with Gasteiger partial charge in [0.05, 0.1) is 6.67 Å². The van der Waals surface area contributed by atoms with Crippen molar-refractivity contribution in [3.05, 3.63) is 34.7 Å². The van der Waals surface area contributed by atoms with Crippen molar-refractivity contribution in [3.63, 3.8) is 0 Å². The van der Waals surface area contributed by atoms with Crippen molar-refractivity contribution in [2.45, 2.75) is 45.3 Å². The van der Waals surface area contributed by atoms with Gasteiger partial charge in [-0.1, -0.05) is 31.0 Å². The zero-order valence-corrected chi connectivity index (χ0v) is 13.4. The molecular weight excluding hydrogens is 282 g/mol. The molecule has 0 bridgehead atoms. The Bertz CT molecular complexity index is 670. The van der Waals surface area contributed by atoms with E-state index in [1.165, 1.54) is 25.7 Å². The van der Waals surface area contributed by atoms with Crippen LogP contribution in [0.4, 0.5) is 0 Å². The van der Waals surface area contributed by atoms with Gasteiger partial charge in [0.1, 0.15) is 0 Å². The fourth-order valence-corrected chi connectivity index (χ4v) is 3.17. The van der Waals surface area contributed by atoms with Crippen molar-refractivity contribution in [1.29, 1.82) is 0 Å². The zero-order chi connectivity index (χ0) is 14.8. The molecule has 1 aromatic carbocycles. The van der Waals surface area contributed by atoms with Gasteiger partial charge in [0.2, 0.25) is 5.89 Å². The molecule has 0 saturated heterocycles. The SMILES string of the molecule is Cc1ccccc1-c1nn(CN(C)C2CCCC2)c(=S)o1. The van der Waals surface area contributed by atoms with Gasteiger partial charge in [-0.05, 0) is 50.7 Å². The van der Waals surface area contributed by atoms with E-state index in [1.54, 1.807) is 4.68 Å². The highest BCUT2D eigenvalue weighted by Gasteiger charge is 2.20. The van der Waals surface area contributed by atoms with Gasteiger partial charge >= 0.3 is 0 Å². The summed E-state index contributed by atoms with van der Waals surface area (Å²) in [4.78, 5) is 2.77. The molecule has 21 heavy (non-hydrogen) atoms.